The highest BCUT2D eigenvalue weighted by atomic mass is 19.1. The Hall–Kier alpha value is -3.29. The molecule has 0 unspecified atom stereocenters. The summed E-state index contributed by atoms with van der Waals surface area (Å²) in [4.78, 5) is 23.4. The maximum Gasteiger partial charge on any atom is 0.274 e. The van der Waals surface area contributed by atoms with Crippen molar-refractivity contribution in [3.05, 3.63) is 54.2 Å². The second kappa shape index (κ2) is 7.14. The highest BCUT2D eigenvalue weighted by molar-refractivity contribution is 6.03. The summed E-state index contributed by atoms with van der Waals surface area (Å²) in [7, 11) is 1.69. The third-order valence-corrected chi connectivity index (χ3v) is 4.54. The Morgan fingerprint density at radius 2 is 1.78 bits per heavy atom. The predicted octanol–water partition coefficient (Wildman–Crippen LogP) is 2.87. The molecule has 0 aliphatic carbocycles. The first-order valence-electron chi connectivity index (χ1n) is 8.78. The zero-order valence-electron chi connectivity index (χ0n) is 14.9. The Morgan fingerprint density at radius 1 is 1.11 bits per heavy atom. The van der Waals surface area contributed by atoms with Crippen LogP contribution in [0.2, 0.25) is 0 Å². The number of aryl methyl sites for hydroxylation is 1. The van der Waals surface area contributed by atoms with Crippen LogP contribution in [0.5, 0.6) is 0 Å². The van der Waals surface area contributed by atoms with Gasteiger partial charge in [0.1, 0.15) is 11.5 Å². The zero-order chi connectivity index (χ0) is 18.8. The van der Waals surface area contributed by atoms with Crippen LogP contribution in [-0.2, 0) is 7.05 Å². The molecule has 0 spiro atoms. The first-order chi connectivity index (χ1) is 13.1. The number of nitrogens with one attached hydrogen (secondary N) is 1. The molecule has 1 saturated heterocycles. The Bertz CT molecular complexity index is 945. The summed E-state index contributed by atoms with van der Waals surface area (Å²) < 4.78 is 14.6. The van der Waals surface area contributed by atoms with Crippen LogP contribution in [0, 0.1) is 5.82 Å². The Kier molecular flexibility index (Phi) is 4.53. The van der Waals surface area contributed by atoms with Gasteiger partial charge in [-0.2, -0.15) is 5.10 Å². The number of hydrogen-bond donors (Lipinski definition) is 1. The largest absolute Gasteiger partial charge is 0.341 e. The fraction of sp³-hybridized carbons (Fsp3) is 0.263. The lowest BCUT2D eigenvalue weighted by Gasteiger charge is -2.14. The van der Waals surface area contributed by atoms with E-state index in [0.717, 1.165) is 31.5 Å². The van der Waals surface area contributed by atoms with Crippen molar-refractivity contribution in [2.75, 3.05) is 23.3 Å². The van der Waals surface area contributed by atoms with E-state index in [1.165, 1.54) is 16.8 Å². The molecule has 27 heavy (non-hydrogen) atoms. The van der Waals surface area contributed by atoms with Crippen molar-refractivity contribution >= 4 is 17.5 Å². The minimum Gasteiger partial charge on any atom is -0.341 e. The summed E-state index contributed by atoms with van der Waals surface area (Å²) in [5.74, 6) is 0.0607. The maximum absolute atomic E-state index is 13.1. The fourth-order valence-corrected chi connectivity index (χ4v) is 3.10. The number of amides is 1. The smallest absolute Gasteiger partial charge is 0.274 e. The molecule has 1 aliphatic heterocycles. The number of carbonyl (C=O) groups excluding carboxylic acids is 1. The minimum absolute atomic E-state index is 0.309. The summed E-state index contributed by atoms with van der Waals surface area (Å²) in [5.41, 5.74) is 2.25. The van der Waals surface area contributed by atoms with E-state index in [0.29, 0.717) is 23.0 Å². The van der Waals surface area contributed by atoms with Crippen molar-refractivity contribution in [3.63, 3.8) is 0 Å². The lowest BCUT2D eigenvalue weighted by Crippen LogP contribution is -2.21. The van der Waals surface area contributed by atoms with Crippen molar-refractivity contribution in [1.82, 2.24) is 19.7 Å². The van der Waals surface area contributed by atoms with E-state index in [-0.39, 0.29) is 11.7 Å². The molecule has 1 aromatic carbocycles. The SMILES string of the molecule is Cn1nc(-c2ccc(F)cc2)cc1C(=O)Nc1cnc(N2CCCC2)nc1. The molecule has 7 nitrogen and oxygen atoms in total. The number of nitrogens with zero attached hydrogens (tertiary/aromatic N) is 5. The van der Waals surface area contributed by atoms with Gasteiger partial charge in [-0.3, -0.25) is 9.48 Å². The Morgan fingerprint density at radius 3 is 2.44 bits per heavy atom. The average molecular weight is 366 g/mol. The van der Waals surface area contributed by atoms with Crippen LogP contribution in [0.15, 0.2) is 42.7 Å². The van der Waals surface area contributed by atoms with Gasteiger partial charge in [0.2, 0.25) is 5.95 Å². The van der Waals surface area contributed by atoms with Crippen molar-refractivity contribution in [2.45, 2.75) is 12.8 Å². The van der Waals surface area contributed by atoms with Gasteiger partial charge >= 0.3 is 0 Å². The van der Waals surface area contributed by atoms with Gasteiger partial charge < -0.3 is 10.2 Å². The number of benzene rings is 1. The van der Waals surface area contributed by atoms with Crippen LogP contribution in [0.1, 0.15) is 23.3 Å². The second-order valence-electron chi connectivity index (χ2n) is 6.47. The molecular weight excluding hydrogens is 347 g/mol. The molecule has 138 valence electrons. The quantitative estimate of drug-likeness (QED) is 0.768. The predicted molar refractivity (Wildman–Crippen MR) is 100 cm³/mol. The number of aromatic nitrogens is 4. The van der Waals surface area contributed by atoms with Gasteiger partial charge in [-0.25, -0.2) is 14.4 Å². The molecule has 8 heteroatoms. The Balaban J connectivity index is 1.49. The molecule has 1 amide bonds. The second-order valence-corrected chi connectivity index (χ2v) is 6.47. The summed E-state index contributed by atoms with van der Waals surface area (Å²) in [6.45, 7) is 1.93. The van der Waals surface area contributed by atoms with Gasteiger partial charge in [0.25, 0.3) is 5.91 Å². The molecular formula is C19H19FN6O. The summed E-state index contributed by atoms with van der Waals surface area (Å²) in [6, 6.07) is 7.66. The average Bonchev–Trinajstić information content (AvgIpc) is 3.33. The van der Waals surface area contributed by atoms with Crippen molar-refractivity contribution < 1.29 is 9.18 Å². The lowest BCUT2D eigenvalue weighted by atomic mass is 10.1. The number of carbonyl (C=O) groups is 1. The Labute approximate surface area is 155 Å². The van der Waals surface area contributed by atoms with E-state index < -0.39 is 0 Å². The van der Waals surface area contributed by atoms with Gasteiger partial charge in [-0.05, 0) is 43.2 Å². The van der Waals surface area contributed by atoms with Crippen LogP contribution < -0.4 is 10.2 Å². The van der Waals surface area contributed by atoms with Gasteiger partial charge in [0.15, 0.2) is 0 Å². The normalized spacial score (nSPS) is 13.8. The fourth-order valence-electron chi connectivity index (χ4n) is 3.10. The van der Waals surface area contributed by atoms with Crippen molar-refractivity contribution in [3.8, 4) is 11.3 Å². The highest BCUT2D eigenvalue weighted by Gasteiger charge is 2.17. The van der Waals surface area contributed by atoms with E-state index in [4.69, 9.17) is 0 Å². The molecule has 0 radical (unpaired) electrons. The van der Waals surface area contributed by atoms with Crippen LogP contribution in [0.3, 0.4) is 0 Å². The number of rotatable bonds is 4. The third kappa shape index (κ3) is 3.64. The highest BCUT2D eigenvalue weighted by Crippen LogP contribution is 2.20. The van der Waals surface area contributed by atoms with E-state index in [9.17, 15) is 9.18 Å². The zero-order valence-corrected chi connectivity index (χ0v) is 14.9. The van der Waals surface area contributed by atoms with Crippen LogP contribution in [0.25, 0.3) is 11.3 Å². The number of halogens is 1. The molecule has 0 bridgehead atoms. The van der Waals surface area contributed by atoms with E-state index in [1.807, 2.05) is 0 Å². The van der Waals surface area contributed by atoms with Gasteiger partial charge in [0.05, 0.1) is 23.8 Å². The van der Waals surface area contributed by atoms with E-state index >= 15 is 0 Å². The summed E-state index contributed by atoms with van der Waals surface area (Å²) >= 11 is 0. The molecule has 0 saturated carbocycles. The standard InChI is InChI=1S/C19H19FN6O/c1-25-17(10-16(24-25)13-4-6-14(20)7-5-13)18(27)23-15-11-21-19(22-12-15)26-8-2-3-9-26/h4-7,10-12H,2-3,8-9H2,1H3,(H,23,27). The molecule has 3 heterocycles. The molecule has 4 rings (SSSR count). The third-order valence-electron chi connectivity index (χ3n) is 4.54. The first-order valence-corrected chi connectivity index (χ1v) is 8.78. The van der Waals surface area contributed by atoms with Crippen LogP contribution in [-0.4, -0.2) is 38.7 Å². The molecule has 0 atom stereocenters. The molecule has 2 aromatic heterocycles. The first kappa shape index (κ1) is 17.1. The summed E-state index contributed by atoms with van der Waals surface area (Å²) in [5, 5.41) is 7.12. The minimum atomic E-state index is -0.315. The molecule has 3 aromatic rings. The summed E-state index contributed by atoms with van der Waals surface area (Å²) in [6.07, 6.45) is 5.52. The topological polar surface area (TPSA) is 75.9 Å². The monoisotopic (exact) mass is 366 g/mol. The van der Waals surface area contributed by atoms with Gasteiger partial charge in [0, 0.05) is 25.7 Å². The molecule has 1 N–H and O–H groups in total. The van der Waals surface area contributed by atoms with Crippen molar-refractivity contribution in [2.24, 2.45) is 7.05 Å². The molecule has 1 fully saturated rings. The van der Waals surface area contributed by atoms with E-state index in [2.05, 4.69) is 25.3 Å². The molecule has 1 aliphatic rings. The van der Waals surface area contributed by atoms with Crippen molar-refractivity contribution in [1.29, 1.82) is 0 Å². The number of anilines is 2. The lowest BCUT2D eigenvalue weighted by molar-refractivity contribution is 0.101. The van der Waals surface area contributed by atoms with Gasteiger partial charge in [-0.15, -0.1) is 0 Å². The van der Waals surface area contributed by atoms with Crippen LogP contribution >= 0.6 is 0 Å². The van der Waals surface area contributed by atoms with E-state index in [1.54, 1.807) is 37.6 Å². The maximum atomic E-state index is 13.1. The van der Waals surface area contributed by atoms with Crippen LogP contribution in [0.4, 0.5) is 16.0 Å². The van der Waals surface area contributed by atoms with Gasteiger partial charge in [-0.1, -0.05) is 0 Å². The number of hydrogen-bond acceptors (Lipinski definition) is 5.